The summed E-state index contributed by atoms with van der Waals surface area (Å²) in [5, 5.41) is 3.14. The Hall–Kier alpha value is -3.48. The van der Waals surface area contributed by atoms with E-state index in [4.69, 9.17) is 9.47 Å². The summed E-state index contributed by atoms with van der Waals surface area (Å²) < 4.78 is 11.9. The molecule has 2 aromatic carbocycles. The van der Waals surface area contributed by atoms with Crippen LogP contribution in [0, 0.1) is 5.92 Å². The van der Waals surface area contributed by atoms with Crippen LogP contribution < -0.4 is 14.8 Å². The molecule has 36 heavy (non-hydrogen) atoms. The Balaban J connectivity index is 1.29. The number of amides is 2. The Bertz CT molecular complexity index is 1210. The van der Waals surface area contributed by atoms with Crippen molar-refractivity contribution in [3.8, 4) is 11.5 Å². The van der Waals surface area contributed by atoms with Crippen LogP contribution in [0.25, 0.3) is 0 Å². The highest BCUT2D eigenvalue weighted by Crippen LogP contribution is 2.46. The number of benzene rings is 2. The van der Waals surface area contributed by atoms with E-state index < -0.39 is 5.92 Å². The van der Waals surface area contributed by atoms with Crippen LogP contribution in [0.15, 0.2) is 60.3 Å². The maximum Gasteiger partial charge on any atom is 0.254 e. The molecule has 7 nitrogen and oxygen atoms in total. The maximum atomic E-state index is 13.9. The average molecular weight is 488 g/mol. The Morgan fingerprint density at radius 1 is 1.03 bits per heavy atom. The lowest BCUT2D eigenvalue weighted by Crippen LogP contribution is -2.53. The molecule has 3 aliphatic heterocycles. The highest BCUT2D eigenvalue weighted by atomic mass is 16.6. The second kappa shape index (κ2) is 9.19. The zero-order chi connectivity index (χ0) is 24.8. The van der Waals surface area contributed by atoms with Crippen molar-refractivity contribution < 1.29 is 19.1 Å². The third kappa shape index (κ3) is 3.81. The highest BCUT2D eigenvalue weighted by molar-refractivity contribution is 6.01. The van der Waals surface area contributed by atoms with Crippen molar-refractivity contribution in [2.45, 2.75) is 49.8 Å². The summed E-state index contributed by atoms with van der Waals surface area (Å²) in [6.07, 6.45) is 6.59. The van der Waals surface area contributed by atoms with E-state index in [2.05, 4.69) is 23.5 Å². The number of carbonyl (C=O) groups excluding carboxylic acids is 2. The van der Waals surface area contributed by atoms with Crippen molar-refractivity contribution >= 4 is 11.8 Å². The fourth-order valence-electron chi connectivity index (χ4n) is 6.57. The first-order chi connectivity index (χ1) is 17.5. The van der Waals surface area contributed by atoms with Gasteiger partial charge in [0.2, 0.25) is 5.91 Å². The zero-order valence-electron chi connectivity index (χ0n) is 20.9. The molecule has 5 atom stereocenters. The second-order valence-electron chi connectivity index (χ2n) is 10.4. The zero-order valence-corrected chi connectivity index (χ0v) is 20.9. The number of para-hydroxylation sites is 2. The molecule has 0 aromatic heterocycles. The quantitative estimate of drug-likeness (QED) is 0.714. The van der Waals surface area contributed by atoms with E-state index in [-0.39, 0.29) is 24.0 Å². The van der Waals surface area contributed by atoms with Gasteiger partial charge in [-0.15, -0.1) is 0 Å². The lowest BCUT2D eigenvalue weighted by Gasteiger charge is -2.42. The SMILES string of the molecule is CN1C=C(C2C(C(=O)NCC3COc4ccccc4O3)c3ccccc3C(=O)N2C)C2CCCCC21. The van der Waals surface area contributed by atoms with Gasteiger partial charge in [0, 0.05) is 37.8 Å². The minimum atomic E-state index is -0.485. The van der Waals surface area contributed by atoms with E-state index >= 15 is 0 Å². The summed E-state index contributed by atoms with van der Waals surface area (Å²) >= 11 is 0. The molecule has 1 N–H and O–H groups in total. The van der Waals surface area contributed by atoms with E-state index in [1.807, 2.05) is 55.6 Å². The van der Waals surface area contributed by atoms with Crippen molar-refractivity contribution in [3.63, 3.8) is 0 Å². The molecule has 1 aliphatic carbocycles. The number of nitrogens with zero attached hydrogens (tertiary/aromatic N) is 2. The molecule has 188 valence electrons. The van der Waals surface area contributed by atoms with Crippen molar-refractivity contribution in [1.82, 2.24) is 15.1 Å². The maximum absolute atomic E-state index is 13.9. The van der Waals surface area contributed by atoms with E-state index in [0.717, 1.165) is 24.2 Å². The van der Waals surface area contributed by atoms with Crippen molar-refractivity contribution in [3.05, 3.63) is 71.4 Å². The smallest absolute Gasteiger partial charge is 0.254 e. The monoisotopic (exact) mass is 487 g/mol. The molecular formula is C29H33N3O4. The van der Waals surface area contributed by atoms with Crippen LogP contribution in [-0.2, 0) is 4.79 Å². The van der Waals surface area contributed by atoms with E-state index in [1.54, 1.807) is 4.90 Å². The van der Waals surface area contributed by atoms with Crippen LogP contribution >= 0.6 is 0 Å². The minimum absolute atomic E-state index is 0.0249. The van der Waals surface area contributed by atoms with Gasteiger partial charge in [0.25, 0.3) is 5.91 Å². The summed E-state index contributed by atoms with van der Waals surface area (Å²) in [7, 11) is 3.97. The predicted molar refractivity (Wildman–Crippen MR) is 136 cm³/mol. The fourth-order valence-corrected chi connectivity index (χ4v) is 6.57. The van der Waals surface area contributed by atoms with Gasteiger partial charge < -0.3 is 24.6 Å². The molecule has 1 saturated carbocycles. The van der Waals surface area contributed by atoms with Crippen LogP contribution in [0.1, 0.15) is 47.5 Å². The number of rotatable bonds is 4. The summed E-state index contributed by atoms with van der Waals surface area (Å²) in [6.45, 7) is 0.710. The summed E-state index contributed by atoms with van der Waals surface area (Å²) in [4.78, 5) is 31.5. The van der Waals surface area contributed by atoms with Gasteiger partial charge in [-0.05, 0) is 42.2 Å². The normalized spacial score (nSPS) is 28.8. The Morgan fingerprint density at radius 3 is 2.64 bits per heavy atom. The van der Waals surface area contributed by atoms with Gasteiger partial charge in [-0.1, -0.05) is 43.2 Å². The van der Waals surface area contributed by atoms with E-state index in [0.29, 0.717) is 36.4 Å². The van der Waals surface area contributed by atoms with Crippen molar-refractivity contribution in [2.24, 2.45) is 5.92 Å². The molecule has 0 radical (unpaired) electrons. The average Bonchev–Trinajstić information content (AvgIpc) is 3.25. The van der Waals surface area contributed by atoms with E-state index in [1.165, 1.54) is 18.4 Å². The van der Waals surface area contributed by atoms with E-state index in [9.17, 15) is 9.59 Å². The first-order valence-corrected chi connectivity index (χ1v) is 13.0. The van der Waals surface area contributed by atoms with Gasteiger partial charge in [-0.25, -0.2) is 0 Å². The van der Waals surface area contributed by atoms with Gasteiger partial charge in [0.1, 0.15) is 12.7 Å². The highest BCUT2D eigenvalue weighted by Gasteiger charge is 2.48. The van der Waals surface area contributed by atoms with Gasteiger partial charge in [0.15, 0.2) is 11.5 Å². The molecular weight excluding hydrogens is 454 g/mol. The minimum Gasteiger partial charge on any atom is -0.486 e. The molecule has 3 heterocycles. The first kappa shape index (κ1) is 23.0. The lowest BCUT2D eigenvalue weighted by molar-refractivity contribution is -0.124. The number of nitrogens with one attached hydrogen (secondary N) is 1. The molecule has 0 saturated heterocycles. The summed E-state index contributed by atoms with van der Waals surface area (Å²) in [5.41, 5.74) is 2.62. The second-order valence-corrected chi connectivity index (χ2v) is 10.4. The number of fused-ring (bicyclic) bond motifs is 3. The van der Waals surface area contributed by atoms with Crippen molar-refractivity contribution in [1.29, 1.82) is 0 Å². The predicted octanol–water partition coefficient (Wildman–Crippen LogP) is 3.57. The van der Waals surface area contributed by atoms with Crippen LogP contribution in [0.4, 0.5) is 0 Å². The first-order valence-electron chi connectivity index (χ1n) is 13.0. The molecule has 0 bridgehead atoms. The molecule has 6 rings (SSSR count). The van der Waals surface area contributed by atoms with Crippen LogP contribution in [0.5, 0.6) is 11.5 Å². The number of hydrogen-bond donors (Lipinski definition) is 1. The fraction of sp³-hybridized carbons (Fsp3) is 0.448. The number of likely N-dealkylation sites (N-methyl/N-ethyl adjacent to an activating group) is 1. The third-order valence-corrected chi connectivity index (χ3v) is 8.31. The number of ether oxygens (including phenoxy) is 2. The van der Waals surface area contributed by atoms with Gasteiger partial charge in [0.05, 0.1) is 18.5 Å². The standard InChI is InChI=1S/C29H33N3O4/c1-31-16-22(19-9-5-6-12-23(19)31)27-26(20-10-3-4-11-21(20)29(34)32(27)2)28(33)30-15-18-17-35-24-13-7-8-14-25(24)36-18/h3-4,7-8,10-11,13-14,16,18-19,23,26-27H,5-6,9,12,15,17H2,1-2H3,(H,30,33). The molecule has 0 spiro atoms. The number of carbonyl (C=O) groups is 2. The third-order valence-electron chi connectivity index (χ3n) is 8.31. The molecule has 2 aromatic rings. The Labute approximate surface area is 212 Å². The molecule has 1 fully saturated rings. The lowest BCUT2D eigenvalue weighted by atomic mass is 9.72. The largest absolute Gasteiger partial charge is 0.486 e. The van der Waals surface area contributed by atoms with Gasteiger partial charge >= 0.3 is 0 Å². The summed E-state index contributed by atoms with van der Waals surface area (Å²) in [6, 6.07) is 15.3. The molecule has 2 amide bonds. The van der Waals surface area contributed by atoms with Crippen LogP contribution in [-0.4, -0.2) is 67.0 Å². The number of hydrogen-bond acceptors (Lipinski definition) is 5. The van der Waals surface area contributed by atoms with Crippen LogP contribution in [0.2, 0.25) is 0 Å². The molecule has 7 heteroatoms. The van der Waals surface area contributed by atoms with Gasteiger partial charge in [-0.3, -0.25) is 9.59 Å². The summed E-state index contributed by atoms with van der Waals surface area (Å²) in [5.74, 6) is 1.19. The molecule has 5 unspecified atom stereocenters. The van der Waals surface area contributed by atoms with Crippen molar-refractivity contribution in [2.75, 3.05) is 27.2 Å². The Morgan fingerprint density at radius 2 is 1.78 bits per heavy atom. The van der Waals surface area contributed by atoms with Gasteiger partial charge in [-0.2, -0.15) is 0 Å². The van der Waals surface area contributed by atoms with Crippen LogP contribution in [0.3, 0.4) is 0 Å². The topological polar surface area (TPSA) is 71.1 Å². The molecule has 4 aliphatic rings. The Kier molecular flexibility index (Phi) is 5.86.